The van der Waals surface area contributed by atoms with Crippen LogP contribution in [-0.2, 0) is 9.57 Å². The Morgan fingerprint density at radius 2 is 2.22 bits per heavy atom. The van der Waals surface area contributed by atoms with Crippen LogP contribution in [0.1, 0.15) is 28.7 Å². The van der Waals surface area contributed by atoms with E-state index >= 15 is 0 Å². The number of hydroxylamine groups is 2. The maximum absolute atomic E-state index is 11.7. The number of aryl methyl sites for hydroxylation is 1. The van der Waals surface area contributed by atoms with Gasteiger partial charge in [-0.3, -0.25) is 0 Å². The number of rotatable bonds is 2. The third-order valence-corrected chi connectivity index (χ3v) is 2.70. The van der Waals surface area contributed by atoms with Crippen LogP contribution >= 0.6 is 0 Å². The van der Waals surface area contributed by atoms with Crippen molar-refractivity contribution >= 4 is 11.9 Å². The second-order valence-corrected chi connectivity index (χ2v) is 4.04. The van der Waals surface area contributed by atoms with Crippen molar-refractivity contribution in [1.29, 1.82) is 0 Å². The Hall–Kier alpha value is -1.95. The molecule has 0 fully saturated rings. The number of ether oxygens (including phenoxy) is 1. The number of methoxy groups -OCH3 is 1. The number of carbonyl (C=O) groups excluding carboxylic acids is 1. The van der Waals surface area contributed by atoms with Crippen molar-refractivity contribution in [2.75, 3.05) is 14.2 Å². The zero-order valence-electron chi connectivity index (χ0n) is 10.8. The number of carbonyl (C=O) groups is 1. The number of aliphatic imine (C=N–C) groups is 1. The molecule has 1 aliphatic heterocycles. The molecule has 0 aromatic carbocycles. The van der Waals surface area contributed by atoms with E-state index < -0.39 is 5.97 Å². The molecule has 6 heteroatoms. The molecule has 0 amide bonds. The fraction of sp³-hybridized carbons (Fsp3) is 0.417. The molecule has 1 unspecified atom stereocenters. The summed E-state index contributed by atoms with van der Waals surface area (Å²) in [5, 5.41) is 1.61. The lowest BCUT2D eigenvalue weighted by Gasteiger charge is -2.12. The van der Waals surface area contributed by atoms with Gasteiger partial charge in [-0.05, 0) is 26.0 Å². The first-order valence-electron chi connectivity index (χ1n) is 5.58. The molecule has 0 bridgehead atoms. The zero-order chi connectivity index (χ0) is 13.3. The van der Waals surface area contributed by atoms with E-state index in [0.717, 1.165) is 5.69 Å². The Morgan fingerprint density at radius 1 is 1.50 bits per heavy atom. The number of nitrogens with zero attached hydrogens (tertiary/aromatic N) is 3. The smallest absolute Gasteiger partial charge is 0.357 e. The van der Waals surface area contributed by atoms with Gasteiger partial charge >= 0.3 is 5.97 Å². The van der Waals surface area contributed by atoms with E-state index in [0.29, 0.717) is 11.5 Å². The second-order valence-electron chi connectivity index (χ2n) is 4.04. The van der Waals surface area contributed by atoms with Crippen molar-refractivity contribution in [3.63, 3.8) is 0 Å². The molecule has 0 spiro atoms. The molecule has 1 aromatic heterocycles. The van der Waals surface area contributed by atoms with Crippen LogP contribution in [0, 0.1) is 6.92 Å². The largest absolute Gasteiger partial charge is 0.464 e. The standard InChI is InChI=1S/C12H15N3O3/c1-7-5-6-9(10(13-7)12(16)17-4)11-14-8(2)15(3)18-11/h5-6,8H,1-4H3. The van der Waals surface area contributed by atoms with Crippen LogP contribution in [0.4, 0.5) is 0 Å². The third kappa shape index (κ3) is 2.19. The summed E-state index contributed by atoms with van der Waals surface area (Å²) in [6, 6.07) is 3.57. The maximum atomic E-state index is 11.7. The lowest BCUT2D eigenvalue weighted by Crippen LogP contribution is -2.22. The van der Waals surface area contributed by atoms with Crippen molar-refractivity contribution in [2.24, 2.45) is 4.99 Å². The minimum atomic E-state index is -0.498. The molecule has 0 aliphatic carbocycles. The summed E-state index contributed by atoms with van der Waals surface area (Å²) in [5.41, 5.74) is 1.50. The van der Waals surface area contributed by atoms with E-state index in [-0.39, 0.29) is 11.9 Å². The molecule has 1 aromatic rings. The van der Waals surface area contributed by atoms with Gasteiger partial charge in [-0.15, -0.1) is 5.06 Å². The molecule has 1 aliphatic rings. The molecular formula is C12H15N3O3. The maximum Gasteiger partial charge on any atom is 0.357 e. The highest BCUT2D eigenvalue weighted by molar-refractivity contribution is 6.04. The SMILES string of the molecule is COC(=O)c1nc(C)ccc1C1=NC(C)N(C)O1. The fourth-order valence-electron chi connectivity index (χ4n) is 1.59. The first-order valence-corrected chi connectivity index (χ1v) is 5.58. The van der Waals surface area contributed by atoms with Crippen LogP contribution in [0.2, 0.25) is 0 Å². The minimum Gasteiger partial charge on any atom is -0.464 e. The molecule has 96 valence electrons. The van der Waals surface area contributed by atoms with Gasteiger partial charge in [0.05, 0.1) is 12.7 Å². The van der Waals surface area contributed by atoms with Gasteiger partial charge in [0.25, 0.3) is 0 Å². The molecular weight excluding hydrogens is 234 g/mol. The Bertz CT molecular complexity index is 513. The lowest BCUT2D eigenvalue weighted by atomic mass is 10.1. The summed E-state index contributed by atoms with van der Waals surface area (Å²) in [7, 11) is 3.10. The molecule has 2 heterocycles. The quantitative estimate of drug-likeness (QED) is 0.735. The van der Waals surface area contributed by atoms with Crippen LogP contribution in [-0.4, -0.2) is 42.2 Å². The Labute approximate surface area is 105 Å². The lowest BCUT2D eigenvalue weighted by molar-refractivity contribution is -0.0504. The van der Waals surface area contributed by atoms with Gasteiger partial charge in [-0.25, -0.2) is 14.8 Å². The zero-order valence-corrected chi connectivity index (χ0v) is 10.8. The summed E-state index contributed by atoms with van der Waals surface area (Å²) in [5.74, 6) is -0.111. The summed E-state index contributed by atoms with van der Waals surface area (Å²) >= 11 is 0. The minimum absolute atomic E-state index is 0.0909. The normalized spacial score (nSPS) is 19.3. The topological polar surface area (TPSA) is 64.0 Å². The van der Waals surface area contributed by atoms with Gasteiger partial charge in [0.2, 0.25) is 5.90 Å². The molecule has 1 atom stereocenters. The monoisotopic (exact) mass is 249 g/mol. The first-order chi connectivity index (χ1) is 8.52. The van der Waals surface area contributed by atoms with Crippen molar-refractivity contribution in [3.8, 4) is 0 Å². The average molecular weight is 249 g/mol. The Balaban J connectivity index is 2.45. The van der Waals surface area contributed by atoms with Crippen LogP contribution in [0.5, 0.6) is 0 Å². The van der Waals surface area contributed by atoms with Crippen LogP contribution in [0.3, 0.4) is 0 Å². The van der Waals surface area contributed by atoms with E-state index in [1.54, 1.807) is 24.2 Å². The predicted octanol–water partition coefficient (Wildman–Crippen LogP) is 1.15. The number of esters is 1. The predicted molar refractivity (Wildman–Crippen MR) is 65.2 cm³/mol. The molecule has 0 N–H and O–H groups in total. The van der Waals surface area contributed by atoms with Crippen molar-refractivity contribution in [2.45, 2.75) is 20.0 Å². The molecule has 0 saturated heterocycles. The summed E-state index contributed by atoms with van der Waals surface area (Å²) in [6.45, 7) is 3.70. The fourth-order valence-corrected chi connectivity index (χ4v) is 1.59. The summed E-state index contributed by atoms with van der Waals surface area (Å²) in [4.78, 5) is 25.7. The van der Waals surface area contributed by atoms with Gasteiger partial charge in [-0.1, -0.05) is 0 Å². The number of hydrogen-bond donors (Lipinski definition) is 0. The van der Waals surface area contributed by atoms with Gasteiger partial charge in [-0.2, -0.15) is 0 Å². The molecule has 0 radical (unpaired) electrons. The van der Waals surface area contributed by atoms with E-state index in [1.807, 2.05) is 13.8 Å². The van der Waals surface area contributed by atoms with Crippen LogP contribution < -0.4 is 0 Å². The number of hydrogen-bond acceptors (Lipinski definition) is 6. The number of aromatic nitrogens is 1. The highest BCUT2D eigenvalue weighted by Crippen LogP contribution is 2.18. The third-order valence-electron chi connectivity index (χ3n) is 2.70. The summed E-state index contributed by atoms with van der Waals surface area (Å²) < 4.78 is 4.72. The van der Waals surface area contributed by atoms with Crippen molar-refractivity contribution < 1.29 is 14.4 Å². The molecule has 2 rings (SSSR count). The first kappa shape index (κ1) is 12.5. The van der Waals surface area contributed by atoms with Crippen molar-refractivity contribution in [1.82, 2.24) is 10.0 Å². The van der Waals surface area contributed by atoms with Gasteiger partial charge < -0.3 is 9.57 Å². The van der Waals surface area contributed by atoms with E-state index in [4.69, 9.17) is 9.57 Å². The van der Waals surface area contributed by atoms with E-state index in [2.05, 4.69) is 9.98 Å². The van der Waals surface area contributed by atoms with Crippen LogP contribution in [0.25, 0.3) is 0 Å². The number of pyridine rings is 1. The summed E-state index contributed by atoms with van der Waals surface area (Å²) in [6.07, 6.45) is -0.0909. The Kier molecular flexibility index (Phi) is 3.29. The van der Waals surface area contributed by atoms with Gasteiger partial charge in [0, 0.05) is 12.7 Å². The molecule has 18 heavy (non-hydrogen) atoms. The highest BCUT2D eigenvalue weighted by atomic mass is 16.7. The Morgan fingerprint density at radius 3 is 2.78 bits per heavy atom. The van der Waals surface area contributed by atoms with Gasteiger partial charge in [0.15, 0.2) is 5.69 Å². The average Bonchev–Trinajstić information content (AvgIpc) is 2.68. The van der Waals surface area contributed by atoms with Crippen LogP contribution in [0.15, 0.2) is 17.1 Å². The molecule has 6 nitrogen and oxygen atoms in total. The second kappa shape index (κ2) is 4.73. The van der Waals surface area contributed by atoms with Crippen molar-refractivity contribution in [3.05, 3.63) is 29.1 Å². The highest BCUT2D eigenvalue weighted by Gasteiger charge is 2.27. The van der Waals surface area contributed by atoms with E-state index in [9.17, 15) is 4.79 Å². The molecule has 0 saturated carbocycles. The van der Waals surface area contributed by atoms with E-state index in [1.165, 1.54) is 7.11 Å². The van der Waals surface area contributed by atoms with Gasteiger partial charge in [0.1, 0.15) is 6.17 Å².